The summed E-state index contributed by atoms with van der Waals surface area (Å²) in [6.45, 7) is 0.543. The first-order valence-corrected chi connectivity index (χ1v) is 10.6. The number of aromatic nitrogens is 2. The average Bonchev–Trinajstić information content (AvgIpc) is 3.22. The third kappa shape index (κ3) is 3.71. The van der Waals surface area contributed by atoms with Gasteiger partial charge in [0.05, 0.1) is 5.39 Å². The Bertz CT molecular complexity index is 1070. The van der Waals surface area contributed by atoms with Crippen LogP contribution in [-0.4, -0.2) is 27.8 Å². The zero-order valence-electron chi connectivity index (χ0n) is 15.0. The number of fused-ring (bicyclic) bond motifs is 3. The van der Waals surface area contributed by atoms with Gasteiger partial charge in [0, 0.05) is 35.8 Å². The zero-order chi connectivity index (χ0) is 19.0. The highest BCUT2D eigenvalue weighted by Crippen LogP contribution is 2.34. The number of aryl methyl sites for hydroxylation is 3. The van der Waals surface area contributed by atoms with Crippen molar-refractivity contribution in [3.8, 4) is 0 Å². The van der Waals surface area contributed by atoms with Gasteiger partial charge in [-0.3, -0.25) is 9.59 Å². The van der Waals surface area contributed by atoms with E-state index in [0.717, 1.165) is 39.5 Å². The molecule has 0 radical (unpaired) electrons. The van der Waals surface area contributed by atoms with Crippen molar-refractivity contribution in [1.29, 1.82) is 0 Å². The van der Waals surface area contributed by atoms with E-state index in [1.165, 1.54) is 10.4 Å². The molecule has 1 aromatic carbocycles. The van der Waals surface area contributed by atoms with Gasteiger partial charge >= 0.3 is 0 Å². The van der Waals surface area contributed by atoms with Crippen molar-refractivity contribution in [2.75, 3.05) is 7.05 Å². The fourth-order valence-electron chi connectivity index (χ4n) is 3.55. The van der Waals surface area contributed by atoms with Crippen molar-refractivity contribution < 1.29 is 4.79 Å². The molecule has 4 rings (SSSR count). The van der Waals surface area contributed by atoms with E-state index in [-0.39, 0.29) is 11.5 Å². The van der Waals surface area contributed by atoms with Crippen LogP contribution in [-0.2, 0) is 30.6 Å². The number of H-pyrrole nitrogens is 1. The van der Waals surface area contributed by atoms with E-state index in [2.05, 4.69) is 25.9 Å². The third-order valence-corrected chi connectivity index (χ3v) is 6.95. The van der Waals surface area contributed by atoms with Crippen molar-refractivity contribution >= 4 is 43.4 Å². The molecule has 0 unspecified atom stereocenters. The Balaban J connectivity index is 1.44. The van der Waals surface area contributed by atoms with Crippen LogP contribution < -0.4 is 5.56 Å². The Morgan fingerprint density at radius 2 is 2.15 bits per heavy atom. The molecule has 1 aliphatic rings. The molecular weight excluding hydrogens is 426 g/mol. The molecular formula is C20H20BrN3O2S. The average molecular weight is 446 g/mol. The normalized spacial score (nSPS) is 13.1. The van der Waals surface area contributed by atoms with Crippen LogP contribution in [0, 0.1) is 0 Å². The standard InChI is InChI=1S/C20H20BrN3O2S/c1-24(11-12-5-2-3-7-14(12)21)17(25)10-9-16-22-19(26)18-13-6-4-8-15(13)27-20(18)23-16/h2-3,5,7H,4,6,8-11H2,1H3,(H,22,23,26). The van der Waals surface area contributed by atoms with E-state index in [9.17, 15) is 9.59 Å². The van der Waals surface area contributed by atoms with Crippen LogP contribution in [0.5, 0.6) is 0 Å². The van der Waals surface area contributed by atoms with Crippen molar-refractivity contribution in [2.24, 2.45) is 0 Å². The second-order valence-electron chi connectivity index (χ2n) is 6.89. The maximum absolute atomic E-state index is 12.5. The predicted octanol–water partition coefficient (Wildman–Crippen LogP) is 3.83. The molecule has 7 heteroatoms. The first-order chi connectivity index (χ1) is 13.0. The highest BCUT2D eigenvalue weighted by molar-refractivity contribution is 9.10. The maximum Gasteiger partial charge on any atom is 0.259 e. The second-order valence-corrected chi connectivity index (χ2v) is 8.83. The summed E-state index contributed by atoms with van der Waals surface area (Å²) in [6.07, 6.45) is 3.89. The molecule has 140 valence electrons. The van der Waals surface area contributed by atoms with Gasteiger partial charge in [0.1, 0.15) is 10.7 Å². The van der Waals surface area contributed by atoms with Gasteiger partial charge in [0.15, 0.2) is 0 Å². The van der Waals surface area contributed by atoms with Gasteiger partial charge in [0.25, 0.3) is 5.56 Å². The molecule has 0 aliphatic heterocycles. The molecule has 1 amide bonds. The summed E-state index contributed by atoms with van der Waals surface area (Å²) in [6, 6.07) is 7.88. The molecule has 2 aromatic heterocycles. The van der Waals surface area contributed by atoms with Crippen LogP contribution >= 0.6 is 27.3 Å². The fourth-order valence-corrected chi connectivity index (χ4v) is 5.24. The van der Waals surface area contributed by atoms with Gasteiger partial charge in [-0.1, -0.05) is 34.1 Å². The van der Waals surface area contributed by atoms with Crippen molar-refractivity contribution in [1.82, 2.24) is 14.9 Å². The second kappa shape index (κ2) is 7.56. The number of hydrogen-bond acceptors (Lipinski definition) is 4. The molecule has 0 bridgehead atoms. The summed E-state index contributed by atoms with van der Waals surface area (Å²) in [5, 5.41) is 0.758. The number of thiophene rings is 1. The Labute approximate surface area is 169 Å². The van der Waals surface area contributed by atoms with Crippen molar-refractivity contribution in [3.05, 3.63) is 60.9 Å². The van der Waals surface area contributed by atoms with Crippen molar-refractivity contribution in [3.63, 3.8) is 0 Å². The Kier molecular flexibility index (Phi) is 5.14. The lowest BCUT2D eigenvalue weighted by atomic mass is 10.2. The number of carbonyl (C=O) groups excluding carboxylic acids is 1. The smallest absolute Gasteiger partial charge is 0.259 e. The number of nitrogens with one attached hydrogen (secondary N) is 1. The van der Waals surface area contributed by atoms with Gasteiger partial charge < -0.3 is 9.88 Å². The molecule has 1 aliphatic carbocycles. The summed E-state index contributed by atoms with van der Waals surface area (Å²) in [5.74, 6) is 0.622. The molecule has 0 saturated heterocycles. The lowest BCUT2D eigenvalue weighted by Crippen LogP contribution is -2.27. The molecule has 0 atom stereocenters. The van der Waals surface area contributed by atoms with Crippen LogP contribution in [0.25, 0.3) is 10.2 Å². The number of benzene rings is 1. The quantitative estimate of drug-likeness (QED) is 0.648. The third-order valence-electron chi connectivity index (χ3n) is 4.99. The highest BCUT2D eigenvalue weighted by Gasteiger charge is 2.21. The number of halogens is 1. The lowest BCUT2D eigenvalue weighted by Gasteiger charge is -2.18. The monoisotopic (exact) mass is 445 g/mol. The van der Waals surface area contributed by atoms with Gasteiger partial charge in [-0.15, -0.1) is 11.3 Å². The topological polar surface area (TPSA) is 66.1 Å². The number of carbonyl (C=O) groups is 1. The first-order valence-electron chi connectivity index (χ1n) is 9.03. The number of hydrogen-bond donors (Lipinski definition) is 1. The van der Waals surface area contributed by atoms with Crippen LogP contribution in [0.1, 0.15) is 34.7 Å². The lowest BCUT2D eigenvalue weighted by molar-refractivity contribution is -0.130. The van der Waals surface area contributed by atoms with Crippen LogP contribution in [0.2, 0.25) is 0 Å². The zero-order valence-corrected chi connectivity index (χ0v) is 17.5. The molecule has 0 saturated carbocycles. The largest absolute Gasteiger partial charge is 0.341 e. The highest BCUT2D eigenvalue weighted by atomic mass is 79.9. The number of nitrogens with zero attached hydrogens (tertiary/aromatic N) is 2. The van der Waals surface area contributed by atoms with E-state index in [4.69, 9.17) is 0 Å². The predicted molar refractivity (Wildman–Crippen MR) is 111 cm³/mol. The number of rotatable bonds is 5. The minimum Gasteiger partial charge on any atom is -0.341 e. The Morgan fingerprint density at radius 1 is 1.33 bits per heavy atom. The van der Waals surface area contributed by atoms with Crippen molar-refractivity contribution in [2.45, 2.75) is 38.6 Å². The van der Waals surface area contributed by atoms with Crippen LogP contribution in [0.3, 0.4) is 0 Å². The van der Waals surface area contributed by atoms with Gasteiger partial charge in [-0.25, -0.2) is 4.98 Å². The minimum atomic E-state index is -0.0663. The van der Waals surface area contributed by atoms with E-state index in [1.54, 1.807) is 23.3 Å². The SMILES string of the molecule is CN(Cc1ccccc1Br)C(=O)CCc1nc2sc3c(c2c(=O)[nH]1)CCC3. The summed E-state index contributed by atoms with van der Waals surface area (Å²) >= 11 is 5.14. The van der Waals surface area contributed by atoms with Gasteiger partial charge in [-0.05, 0) is 36.5 Å². The molecule has 27 heavy (non-hydrogen) atoms. The molecule has 1 N–H and O–H groups in total. The maximum atomic E-state index is 12.5. The molecule has 2 heterocycles. The summed E-state index contributed by atoms with van der Waals surface area (Å²) in [7, 11) is 1.80. The molecule has 0 spiro atoms. The van der Waals surface area contributed by atoms with E-state index in [0.29, 0.717) is 25.2 Å². The van der Waals surface area contributed by atoms with Gasteiger partial charge in [0.2, 0.25) is 5.91 Å². The Hall–Kier alpha value is -1.99. The fraction of sp³-hybridized carbons (Fsp3) is 0.350. The molecule has 5 nitrogen and oxygen atoms in total. The summed E-state index contributed by atoms with van der Waals surface area (Å²) in [5.41, 5.74) is 2.18. The molecule has 0 fully saturated rings. The minimum absolute atomic E-state index is 0.0298. The Morgan fingerprint density at radius 3 is 2.96 bits per heavy atom. The summed E-state index contributed by atoms with van der Waals surface area (Å²) in [4.78, 5) is 36.3. The molecule has 3 aromatic rings. The van der Waals surface area contributed by atoms with E-state index < -0.39 is 0 Å². The summed E-state index contributed by atoms with van der Waals surface area (Å²) < 4.78 is 0.992. The van der Waals surface area contributed by atoms with E-state index >= 15 is 0 Å². The number of aromatic amines is 1. The van der Waals surface area contributed by atoms with Crippen LogP contribution in [0.15, 0.2) is 33.5 Å². The first kappa shape index (κ1) is 18.4. The van der Waals surface area contributed by atoms with Gasteiger partial charge in [-0.2, -0.15) is 0 Å². The number of amides is 1. The van der Waals surface area contributed by atoms with E-state index in [1.807, 2.05) is 24.3 Å². The van der Waals surface area contributed by atoms with Crippen LogP contribution in [0.4, 0.5) is 0 Å².